The first-order chi connectivity index (χ1) is 9.69. The van der Waals surface area contributed by atoms with Gasteiger partial charge in [0.1, 0.15) is 5.82 Å². The number of hydrogen-bond donors (Lipinski definition) is 3. The number of rotatable bonds is 5. The van der Waals surface area contributed by atoms with Gasteiger partial charge in [0.05, 0.1) is 6.10 Å². The van der Waals surface area contributed by atoms with Crippen molar-refractivity contribution in [2.45, 2.75) is 51.2 Å². The maximum atomic E-state index is 12.2. The fourth-order valence-corrected chi connectivity index (χ4v) is 2.41. The molecular formula is C15H23N3O2. The van der Waals surface area contributed by atoms with Crippen LogP contribution in [0.5, 0.6) is 0 Å². The lowest BCUT2D eigenvalue weighted by Gasteiger charge is -2.26. The molecule has 5 heteroatoms. The zero-order chi connectivity index (χ0) is 14.4. The largest absolute Gasteiger partial charge is 0.393 e. The molecule has 0 unspecified atom stereocenters. The highest BCUT2D eigenvalue weighted by Crippen LogP contribution is 2.19. The van der Waals surface area contributed by atoms with Gasteiger partial charge in [-0.05, 0) is 44.2 Å². The van der Waals surface area contributed by atoms with Crippen molar-refractivity contribution in [3.05, 3.63) is 23.9 Å². The first kappa shape index (κ1) is 14.8. The highest BCUT2D eigenvalue weighted by molar-refractivity contribution is 5.95. The van der Waals surface area contributed by atoms with Gasteiger partial charge in [-0.1, -0.05) is 6.92 Å². The summed E-state index contributed by atoms with van der Waals surface area (Å²) in [5, 5.41) is 15.7. The normalized spacial score (nSPS) is 22.3. The maximum absolute atomic E-state index is 12.2. The average Bonchev–Trinajstić information content (AvgIpc) is 2.48. The molecule has 0 aliphatic heterocycles. The Bertz CT molecular complexity index is 442. The molecule has 0 aromatic carbocycles. The van der Waals surface area contributed by atoms with E-state index in [1.807, 2.05) is 0 Å². The van der Waals surface area contributed by atoms with E-state index in [1.54, 1.807) is 18.3 Å². The minimum atomic E-state index is -0.200. The SMILES string of the molecule is CCCNc1cc(C(=O)NC2CCC(O)CC2)ccn1. The summed E-state index contributed by atoms with van der Waals surface area (Å²) in [7, 11) is 0. The van der Waals surface area contributed by atoms with E-state index in [1.165, 1.54) is 0 Å². The monoisotopic (exact) mass is 277 g/mol. The number of nitrogens with zero attached hydrogens (tertiary/aromatic N) is 1. The summed E-state index contributed by atoms with van der Waals surface area (Å²) in [6, 6.07) is 3.68. The molecule has 0 spiro atoms. The number of amides is 1. The molecule has 1 amide bonds. The van der Waals surface area contributed by atoms with E-state index in [0.29, 0.717) is 5.56 Å². The Morgan fingerprint density at radius 2 is 2.15 bits per heavy atom. The Labute approximate surface area is 119 Å². The van der Waals surface area contributed by atoms with E-state index in [4.69, 9.17) is 0 Å². The highest BCUT2D eigenvalue weighted by atomic mass is 16.3. The second-order valence-electron chi connectivity index (χ2n) is 5.34. The second kappa shape index (κ2) is 7.24. The number of pyridine rings is 1. The average molecular weight is 277 g/mol. The van der Waals surface area contributed by atoms with Crippen molar-refractivity contribution in [3.8, 4) is 0 Å². The van der Waals surface area contributed by atoms with Gasteiger partial charge in [0.25, 0.3) is 5.91 Å². The van der Waals surface area contributed by atoms with E-state index in [9.17, 15) is 9.90 Å². The number of aromatic nitrogens is 1. The summed E-state index contributed by atoms with van der Waals surface area (Å²) in [6.45, 7) is 2.93. The van der Waals surface area contributed by atoms with Gasteiger partial charge in [-0.3, -0.25) is 4.79 Å². The van der Waals surface area contributed by atoms with E-state index >= 15 is 0 Å². The lowest BCUT2D eigenvalue weighted by molar-refractivity contribution is 0.0867. The number of aliphatic hydroxyl groups is 1. The number of carbonyl (C=O) groups is 1. The molecule has 1 saturated carbocycles. The highest BCUT2D eigenvalue weighted by Gasteiger charge is 2.21. The number of carbonyl (C=O) groups excluding carboxylic acids is 1. The standard InChI is InChI=1S/C15H23N3O2/c1-2-8-16-14-10-11(7-9-17-14)15(20)18-12-3-5-13(19)6-4-12/h7,9-10,12-13,19H,2-6,8H2,1H3,(H,16,17)(H,18,20). The fraction of sp³-hybridized carbons (Fsp3) is 0.600. The lowest BCUT2D eigenvalue weighted by atomic mass is 9.93. The van der Waals surface area contributed by atoms with Crippen molar-refractivity contribution in [1.82, 2.24) is 10.3 Å². The van der Waals surface area contributed by atoms with Crippen LogP contribution in [0.25, 0.3) is 0 Å². The molecular weight excluding hydrogens is 254 g/mol. The van der Waals surface area contributed by atoms with Crippen LogP contribution in [0.1, 0.15) is 49.4 Å². The van der Waals surface area contributed by atoms with Gasteiger partial charge in [0.15, 0.2) is 0 Å². The Kier molecular flexibility index (Phi) is 5.35. The molecule has 20 heavy (non-hydrogen) atoms. The van der Waals surface area contributed by atoms with Crippen molar-refractivity contribution in [2.75, 3.05) is 11.9 Å². The molecule has 1 aromatic rings. The van der Waals surface area contributed by atoms with Crippen molar-refractivity contribution in [2.24, 2.45) is 0 Å². The van der Waals surface area contributed by atoms with Crippen LogP contribution in [0, 0.1) is 0 Å². The Balaban J connectivity index is 1.91. The maximum Gasteiger partial charge on any atom is 0.251 e. The van der Waals surface area contributed by atoms with E-state index in [0.717, 1.165) is 44.5 Å². The molecule has 0 bridgehead atoms. The second-order valence-corrected chi connectivity index (χ2v) is 5.34. The van der Waals surface area contributed by atoms with Gasteiger partial charge in [-0.15, -0.1) is 0 Å². The molecule has 1 fully saturated rings. The molecule has 0 saturated heterocycles. The van der Waals surface area contributed by atoms with Gasteiger partial charge in [-0.25, -0.2) is 4.98 Å². The summed E-state index contributed by atoms with van der Waals surface area (Å²) in [5.74, 6) is 0.673. The molecule has 1 aromatic heterocycles. The molecule has 1 heterocycles. The molecule has 2 rings (SSSR count). The minimum absolute atomic E-state index is 0.0617. The first-order valence-corrected chi connectivity index (χ1v) is 7.38. The summed E-state index contributed by atoms with van der Waals surface area (Å²) < 4.78 is 0. The Hall–Kier alpha value is -1.62. The van der Waals surface area contributed by atoms with Crippen LogP contribution in [0.3, 0.4) is 0 Å². The van der Waals surface area contributed by atoms with E-state index < -0.39 is 0 Å². The lowest BCUT2D eigenvalue weighted by Crippen LogP contribution is -2.38. The van der Waals surface area contributed by atoms with Crippen molar-refractivity contribution >= 4 is 11.7 Å². The molecule has 110 valence electrons. The van der Waals surface area contributed by atoms with Gasteiger partial charge >= 0.3 is 0 Å². The van der Waals surface area contributed by atoms with Crippen molar-refractivity contribution in [3.63, 3.8) is 0 Å². The predicted octanol–water partition coefficient (Wildman–Crippen LogP) is 1.94. The number of nitrogens with one attached hydrogen (secondary N) is 2. The van der Waals surface area contributed by atoms with Crippen LogP contribution in [0.4, 0.5) is 5.82 Å². The first-order valence-electron chi connectivity index (χ1n) is 7.38. The number of hydrogen-bond acceptors (Lipinski definition) is 4. The molecule has 0 atom stereocenters. The predicted molar refractivity (Wildman–Crippen MR) is 78.7 cm³/mol. The Morgan fingerprint density at radius 1 is 1.40 bits per heavy atom. The van der Waals surface area contributed by atoms with Crippen molar-refractivity contribution < 1.29 is 9.90 Å². The van der Waals surface area contributed by atoms with Gasteiger partial charge in [-0.2, -0.15) is 0 Å². The van der Waals surface area contributed by atoms with Gasteiger partial charge < -0.3 is 15.7 Å². The third-order valence-electron chi connectivity index (χ3n) is 3.61. The van der Waals surface area contributed by atoms with E-state index in [2.05, 4.69) is 22.5 Å². The van der Waals surface area contributed by atoms with Gasteiger partial charge in [0, 0.05) is 24.3 Å². The quantitative estimate of drug-likeness (QED) is 0.769. The Morgan fingerprint density at radius 3 is 2.85 bits per heavy atom. The molecule has 1 aliphatic carbocycles. The number of anilines is 1. The summed E-state index contributed by atoms with van der Waals surface area (Å²) >= 11 is 0. The molecule has 0 radical (unpaired) electrons. The smallest absolute Gasteiger partial charge is 0.251 e. The van der Waals surface area contributed by atoms with Crippen LogP contribution < -0.4 is 10.6 Å². The van der Waals surface area contributed by atoms with Crippen molar-refractivity contribution in [1.29, 1.82) is 0 Å². The van der Waals surface area contributed by atoms with Crippen LogP contribution in [0.15, 0.2) is 18.3 Å². The van der Waals surface area contributed by atoms with Crippen LogP contribution >= 0.6 is 0 Å². The summed E-state index contributed by atoms with van der Waals surface area (Å²) in [5.41, 5.74) is 0.629. The van der Waals surface area contributed by atoms with Crippen LogP contribution in [0.2, 0.25) is 0 Å². The zero-order valence-electron chi connectivity index (χ0n) is 11.9. The third-order valence-corrected chi connectivity index (χ3v) is 3.61. The zero-order valence-corrected chi connectivity index (χ0v) is 11.9. The third kappa shape index (κ3) is 4.20. The molecule has 1 aliphatic rings. The van der Waals surface area contributed by atoms with E-state index in [-0.39, 0.29) is 18.1 Å². The summed E-state index contributed by atoms with van der Waals surface area (Å²) in [4.78, 5) is 16.4. The van der Waals surface area contributed by atoms with Crippen LogP contribution in [-0.4, -0.2) is 34.7 Å². The van der Waals surface area contributed by atoms with Crippen LogP contribution in [-0.2, 0) is 0 Å². The summed E-state index contributed by atoms with van der Waals surface area (Å²) in [6.07, 6.45) is 5.70. The molecule has 3 N–H and O–H groups in total. The molecule has 5 nitrogen and oxygen atoms in total. The topological polar surface area (TPSA) is 74.2 Å². The number of aliphatic hydroxyl groups excluding tert-OH is 1. The fourth-order valence-electron chi connectivity index (χ4n) is 2.41. The minimum Gasteiger partial charge on any atom is -0.393 e. The van der Waals surface area contributed by atoms with Gasteiger partial charge in [0.2, 0.25) is 0 Å².